The minimum Gasteiger partial charge on any atom is -0.384 e. The van der Waals surface area contributed by atoms with Crippen LogP contribution in [-0.2, 0) is 21.3 Å². The van der Waals surface area contributed by atoms with Crippen molar-refractivity contribution in [2.45, 2.75) is 6.54 Å². The van der Waals surface area contributed by atoms with E-state index in [1.54, 1.807) is 0 Å². The first kappa shape index (κ1) is 13.3. The van der Waals surface area contributed by atoms with Gasteiger partial charge in [0.15, 0.2) is 0 Å². The van der Waals surface area contributed by atoms with E-state index in [0.717, 1.165) is 11.3 Å². The maximum absolute atomic E-state index is 12.3. The van der Waals surface area contributed by atoms with Crippen LogP contribution in [0.3, 0.4) is 0 Å². The van der Waals surface area contributed by atoms with Crippen molar-refractivity contribution < 1.29 is 13.2 Å². The van der Waals surface area contributed by atoms with Crippen molar-refractivity contribution in [3.8, 4) is 0 Å². The number of hydrogen-bond acceptors (Lipinski definition) is 4. The highest BCUT2D eigenvalue weighted by Crippen LogP contribution is 2.24. The first-order valence-corrected chi connectivity index (χ1v) is 7.54. The average molecular weight is 270 g/mol. The van der Waals surface area contributed by atoms with Crippen LogP contribution in [0, 0.1) is 0 Å². The Morgan fingerprint density at radius 1 is 1.39 bits per heavy atom. The molecule has 1 heterocycles. The maximum Gasteiger partial charge on any atom is 0.237 e. The van der Waals surface area contributed by atoms with Crippen molar-refractivity contribution in [1.29, 1.82) is 0 Å². The third-order valence-electron chi connectivity index (χ3n) is 2.95. The summed E-state index contributed by atoms with van der Waals surface area (Å²) in [6.07, 6.45) is 0. The zero-order valence-corrected chi connectivity index (χ0v) is 11.2. The highest BCUT2D eigenvalue weighted by Gasteiger charge is 2.25. The zero-order valence-electron chi connectivity index (χ0n) is 10.4. The number of para-hydroxylation sites is 1. The van der Waals surface area contributed by atoms with Crippen molar-refractivity contribution in [3.05, 3.63) is 29.8 Å². The molecule has 0 aliphatic carbocycles. The number of methoxy groups -OCH3 is 1. The third kappa shape index (κ3) is 2.82. The summed E-state index contributed by atoms with van der Waals surface area (Å²) in [5, 5.41) is 3.22. The number of fused-ring (bicyclic) bond motifs is 1. The second-order valence-electron chi connectivity index (χ2n) is 4.19. The predicted octanol–water partition coefficient (Wildman–Crippen LogP) is 0.572. The molecule has 0 saturated heterocycles. The fourth-order valence-electron chi connectivity index (χ4n) is 2.02. The lowest BCUT2D eigenvalue weighted by Crippen LogP contribution is -2.37. The average Bonchev–Trinajstić information content (AvgIpc) is 2.59. The smallest absolute Gasteiger partial charge is 0.237 e. The van der Waals surface area contributed by atoms with Gasteiger partial charge in [-0.15, -0.1) is 0 Å². The highest BCUT2D eigenvalue weighted by atomic mass is 32.2. The molecule has 5 nitrogen and oxygen atoms in total. The van der Waals surface area contributed by atoms with Crippen molar-refractivity contribution in [3.63, 3.8) is 0 Å². The minimum absolute atomic E-state index is 0.0117. The van der Waals surface area contributed by atoms with E-state index in [1.807, 2.05) is 24.3 Å². The van der Waals surface area contributed by atoms with Gasteiger partial charge in [-0.3, -0.25) is 4.31 Å². The first-order valence-electron chi connectivity index (χ1n) is 5.93. The Bertz CT molecular complexity index is 502. The normalized spacial score (nSPS) is 16.2. The first-order chi connectivity index (χ1) is 8.65. The number of nitrogens with one attached hydrogen (secondary N) is 1. The summed E-state index contributed by atoms with van der Waals surface area (Å²) < 4.78 is 30.9. The molecule has 0 fully saturated rings. The second kappa shape index (κ2) is 5.69. The molecule has 0 atom stereocenters. The molecule has 1 aromatic rings. The van der Waals surface area contributed by atoms with Crippen LogP contribution in [-0.4, -0.2) is 41.0 Å². The van der Waals surface area contributed by atoms with Gasteiger partial charge in [0, 0.05) is 26.7 Å². The molecule has 2 rings (SSSR count). The lowest BCUT2D eigenvalue weighted by Gasteiger charge is -2.23. The van der Waals surface area contributed by atoms with Crippen molar-refractivity contribution in [2.75, 3.05) is 36.9 Å². The number of benzene rings is 1. The van der Waals surface area contributed by atoms with E-state index < -0.39 is 10.0 Å². The van der Waals surface area contributed by atoms with Crippen LogP contribution in [0.25, 0.3) is 0 Å². The van der Waals surface area contributed by atoms with Gasteiger partial charge in [0.2, 0.25) is 10.0 Å². The molecule has 0 amide bonds. The van der Waals surface area contributed by atoms with Crippen LogP contribution < -0.4 is 9.62 Å². The Balaban J connectivity index is 2.33. The molecule has 0 radical (unpaired) electrons. The molecule has 1 aliphatic rings. The fourth-order valence-corrected chi connectivity index (χ4v) is 3.46. The van der Waals surface area contributed by atoms with Crippen molar-refractivity contribution in [1.82, 2.24) is 5.32 Å². The number of rotatable bonds is 4. The molecular formula is C12H18N2O3S. The van der Waals surface area contributed by atoms with E-state index in [2.05, 4.69) is 5.32 Å². The van der Waals surface area contributed by atoms with E-state index in [0.29, 0.717) is 19.6 Å². The van der Waals surface area contributed by atoms with Gasteiger partial charge in [0.05, 0.1) is 18.0 Å². The summed E-state index contributed by atoms with van der Waals surface area (Å²) in [7, 11) is -1.81. The quantitative estimate of drug-likeness (QED) is 0.869. The Kier molecular flexibility index (Phi) is 4.21. The monoisotopic (exact) mass is 270 g/mol. The highest BCUT2D eigenvalue weighted by molar-refractivity contribution is 7.92. The summed E-state index contributed by atoms with van der Waals surface area (Å²) in [5.74, 6) is 0.0117. The van der Waals surface area contributed by atoms with Crippen LogP contribution in [0.4, 0.5) is 5.69 Å². The van der Waals surface area contributed by atoms with Crippen LogP contribution in [0.2, 0.25) is 0 Å². The minimum atomic E-state index is -3.31. The van der Waals surface area contributed by atoms with Gasteiger partial charge in [0.1, 0.15) is 0 Å². The van der Waals surface area contributed by atoms with Crippen LogP contribution in [0.1, 0.15) is 5.56 Å². The number of ether oxygens (including phenoxy) is 1. The molecule has 100 valence electrons. The van der Waals surface area contributed by atoms with Crippen molar-refractivity contribution >= 4 is 15.7 Å². The molecule has 6 heteroatoms. The molecule has 18 heavy (non-hydrogen) atoms. The SMILES string of the molecule is COCCS(=O)(=O)N1CCNCc2ccccc21. The van der Waals surface area contributed by atoms with Crippen LogP contribution in [0.5, 0.6) is 0 Å². The van der Waals surface area contributed by atoms with Gasteiger partial charge >= 0.3 is 0 Å². The largest absolute Gasteiger partial charge is 0.384 e. The van der Waals surface area contributed by atoms with E-state index in [1.165, 1.54) is 11.4 Å². The molecule has 0 saturated carbocycles. The van der Waals surface area contributed by atoms with E-state index >= 15 is 0 Å². The Morgan fingerprint density at radius 3 is 2.94 bits per heavy atom. The van der Waals surface area contributed by atoms with Gasteiger partial charge in [0.25, 0.3) is 0 Å². The molecule has 1 aromatic carbocycles. The maximum atomic E-state index is 12.3. The number of sulfonamides is 1. The van der Waals surface area contributed by atoms with Gasteiger partial charge in [-0.2, -0.15) is 0 Å². The van der Waals surface area contributed by atoms with E-state index in [9.17, 15) is 8.42 Å². The molecular weight excluding hydrogens is 252 g/mol. The van der Waals surface area contributed by atoms with Crippen molar-refractivity contribution in [2.24, 2.45) is 0 Å². The summed E-state index contributed by atoms with van der Waals surface area (Å²) >= 11 is 0. The molecule has 0 unspecified atom stereocenters. The Labute approximate surface area is 108 Å². The molecule has 0 spiro atoms. The Morgan fingerprint density at radius 2 is 2.17 bits per heavy atom. The molecule has 0 aromatic heterocycles. The lowest BCUT2D eigenvalue weighted by atomic mass is 10.2. The number of hydrogen-bond donors (Lipinski definition) is 1. The summed E-state index contributed by atoms with van der Waals surface area (Å²) in [4.78, 5) is 0. The molecule has 1 N–H and O–H groups in total. The Hall–Kier alpha value is -1.11. The molecule has 0 bridgehead atoms. The van der Waals surface area contributed by atoms with Gasteiger partial charge < -0.3 is 10.1 Å². The van der Waals surface area contributed by atoms with Crippen LogP contribution >= 0.6 is 0 Å². The predicted molar refractivity (Wildman–Crippen MR) is 71.2 cm³/mol. The zero-order chi connectivity index (χ0) is 13.0. The topological polar surface area (TPSA) is 58.6 Å². The van der Waals surface area contributed by atoms with Gasteiger partial charge in [-0.1, -0.05) is 18.2 Å². The number of nitrogens with zero attached hydrogens (tertiary/aromatic N) is 1. The summed E-state index contributed by atoms with van der Waals surface area (Å²) in [5.41, 5.74) is 1.79. The van der Waals surface area contributed by atoms with Gasteiger partial charge in [-0.25, -0.2) is 8.42 Å². The second-order valence-corrected chi connectivity index (χ2v) is 6.20. The molecule has 1 aliphatic heterocycles. The van der Waals surface area contributed by atoms with E-state index in [4.69, 9.17) is 4.74 Å². The lowest BCUT2D eigenvalue weighted by molar-refractivity contribution is 0.217. The van der Waals surface area contributed by atoms with Crippen LogP contribution in [0.15, 0.2) is 24.3 Å². The summed E-state index contributed by atoms with van der Waals surface area (Å²) in [6.45, 7) is 2.03. The number of anilines is 1. The summed E-state index contributed by atoms with van der Waals surface area (Å²) in [6, 6.07) is 7.59. The fraction of sp³-hybridized carbons (Fsp3) is 0.500. The third-order valence-corrected chi connectivity index (χ3v) is 4.68. The standard InChI is InChI=1S/C12H18N2O3S/c1-17-8-9-18(15,16)14-7-6-13-10-11-4-2-3-5-12(11)14/h2-5,13H,6-10H2,1H3. The van der Waals surface area contributed by atoms with E-state index in [-0.39, 0.29) is 12.4 Å². The van der Waals surface area contributed by atoms with Gasteiger partial charge in [-0.05, 0) is 11.6 Å².